The van der Waals surface area contributed by atoms with Crippen molar-refractivity contribution in [1.29, 1.82) is 0 Å². The molecule has 0 saturated carbocycles. The second kappa shape index (κ2) is 4.87. The van der Waals surface area contributed by atoms with Crippen LogP contribution in [0.4, 0.5) is 35.1 Å². The first kappa shape index (κ1) is 16.7. The van der Waals surface area contributed by atoms with Gasteiger partial charge in [0, 0.05) is 5.56 Å². The van der Waals surface area contributed by atoms with Crippen LogP contribution in [0.5, 0.6) is 0 Å². The van der Waals surface area contributed by atoms with Crippen LogP contribution in [0.25, 0.3) is 0 Å². The van der Waals surface area contributed by atoms with Gasteiger partial charge >= 0.3 is 17.7 Å². The third kappa shape index (κ3) is 3.81. The number of halogens is 9. The lowest BCUT2D eigenvalue weighted by Gasteiger charge is -2.14. The van der Waals surface area contributed by atoms with Gasteiger partial charge in [-0.2, -0.15) is 35.1 Å². The van der Waals surface area contributed by atoms with E-state index < -0.39 is 40.2 Å². The van der Waals surface area contributed by atoms with Crippen LogP contribution in [-0.2, 0) is 12.4 Å². The fourth-order valence-electron chi connectivity index (χ4n) is 1.25. The van der Waals surface area contributed by atoms with Crippen LogP contribution in [-0.4, -0.2) is 11.2 Å². The van der Waals surface area contributed by atoms with Crippen molar-refractivity contribution >= 4 is 17.4 Å². The van der Waals surface area contributed by atoms with E-state index in [1.54, 1.807) is 0 Å². The number of hydrogen-bond acceptors (Lipinski definition) is 1. The quantitative estimate of drug-likeness (QED) is 0.436. The Bertz CT molecular complexity index is 493. The van der Waals surface area contributed by atoms with E-state index in [1.807, 2.05) is 0 Å². The smallest absolute Gasteiger partial charge is 0.286 e. The highest BCUT2D eigenvalue weighted by molar-refractivity contribution is 6.35. The maximum absolute atomic E-state index is 12.5. The number of benzene rings is 1. The zero-order valence-corrected chi connectivity index (χ0v) is 9.80. The molecule has 0 atom stereocenters. The lowest BCUT2D eigenvalue weighted by atomic mass is 10.0. The molecule has 1 aromatic carbocycles. The standard InChI is InChI=1S/C10H3ClF8O/c11-8(12,13)7(20)4-1-5(9(14,15)16)3-6(2-4)10(17,18)19/h1-3H. The van der Waals surface area contributed by atoms with Gasteiger partial charge in [0.05, 0.1) is 11.1 Å². The summed E-state index contributed by atoms with van der Waals surface area (Å²) in [5, 5.41) is -4.60. The van der Waals surface area contributed by atoms with Gasteiger partial charge in [-0.05, 0) is 29.8 Å². The molecule has 0 spiro atoms. The van der Waals surface area contributed by atoms with Crippen LogP contribution in [0, 0.1) is 0 Å². The first-order valence-electron chi connectivity index (χ1n) is 4.64. The summed E-state index contributed by atoms with van der Waals surface area (Å²) in [6.45, 7) is 0. The van der Waals surface area contributed by atoms with Gasteiger partial charge in [-0.3, -0.25) is 4.79 Å². The molecule has 0 bridgehead atoms. The van der Waals surface area contributed by atoms with Crippen molar-refractivity contribution in [2.45, 2.75) is 17.7 Å². The fourth-order valence-corrected chi connectivity index (χ4v) is 1.36. The Kier molecular flexibility index (Phi) is 4.06. The first-order chi connectivity index (χ1) is 8.73. The first-order valence-corrected chi connectivity index (χ1v) is 5.01. The van der Waals surface area contributed by atoms with Crippen LogP contribution in [0.15, 0.2) is 18.2 Å². The number of rotatable bonds is 2. The molecule has 20 heavy (non-hydrogen) atoms. The number of carbonyl (C=O) groups is 1. The Morgan fingerprint density at radius 3 is 1.40 bits per heavy atom. The molecule has 0 fully saturated rings. The Labute approximate surface area is 111 Å². The maximum Gasteiger partial charge on any atom is 0.416 e. The zero-order valence-electron chi connectivity index (χ0n) is 9.04. The van der Waals surface area contributed by atoms with Gasteiger partial charge in [-0.15, -0.1) is 0 Å². The lowest BCUT2D eigenvalue weighted by Crippen LogP contribution is -2.23. The van der Waals surface area contributed by atoms with Gasteiger partial charge in [0.2, 0.25) is 5.78 Å². The van der Waals surface area contributed by atoms with Crippen molar-refractivity contribution in [3.05, 3.63) is 34.9 Å². The van der Waals surface area contributed by atoms with E-state index in [0.717, 1.165) is 0 Å². The van der Waals surface area contributed by atoms with Crippen molar-refractivity contribution in [2.24, 2.45) is 0 Å². The van der Waals surface area contributed by atoms with E-state index in [2.05, 4.69) is 11.6 Å². The number of hydrogen-bond donors (Lipinski definition) is 0. The van der Waals surface area contributed by atoms with Gasteiger partial charge in [-0.25, -0.2) is 0 Å². The minimum atomic E-state index is -5.24. The molecular formula is C10H3ClF8O. The van der Waals surface area contributed by atoms with E-state index >= 15 is 0 Å². The number of Topliss-reactive ketones (excluding diaryl/α,β-unsaturated/α-hetero) is 1. The van der Waals surface area contributed by atoms with Crippen molar-refractivity contribution < 1.29 is 39.9 Å². The molecule has 1 nitrogen and oxygen atoms in total. The second-order valence-corrected chi connectivity index (χ2v) is 4.10. The minimum absolute atomic E-state index is 0.117. The molecule has 0 aliphatic carbocycles. The average Bonchev–Trinajstić information content (AvgIpc) is 2.23. The fraction of sp³-hybridized carbons (Fsp3) is 0.300. The molecule has 112 valence electrons. The summed E-state index contributed by atoms with van der Waals surface area (Å²) in [6, 6.07) is -0.523. The van der Waals surface area contributed by atoms with E-state index in [0.29, 0.717) is 0 Å². The van der Waals surface area contributed by atoms with Crippen LogP contribution in [0.3, 0.4) is 0 Å². The Morgan fingerprint density at radius 2 is 1.15 bits per heavy atom. The molecule has 0 unspecified atom stereocenters. The molecule has 0 saturated heterocycles. The summed E-state index contributed by atoms with van der Waals surface area (Å²) in [4.78, 5) is 11.0. The average molecular weight is 327 g/mol. The van der Waals surface area contributed by atoms with Crippen LogP contribution in [0.1, 0.15) is 21.5 Å². The molecule has 1 aromatic rings. The monoisotopic (exact) mass is 326 g/mol. The highest BCUT2D eigenvalue weighted by Crippen LogP contribution is 2.37. The molecule has 0 aromatic heterocycles. The van der Waals surface area contributed by atoms with Gasteiger partial charge in [0.25, 0.3) is 0 Å². The van der Waals surface area contributed by atoms with Crippen molar-refractivity contribution in [3.8, 4) is 0 Å². The number of ketones is 1. The zero-order chi connectivity index (χ0) is 15.9. The van der Waals surface area contributed by atoms with Crippen LogP contribution in [0.2, 0.25) is 0 Å². The van der Waals surface area contributed by atoms with Crippen LogP contribution >= 0.6 is 11.6 Å². The summed E-state index contributed by atoms with van der Waals surface area (Å²) >= 11 is 4.31. The summed E-state index contributed by atoms with van der Waals surface area (Å²) in [5.41, 5.74) is -5.24. The topological polar surface area (TPSA) is 17.1 Å². The summed E-state index contributed by atoms with van der Waals surface area (Å²) in [5.74, 6) is -2.35. The predicted octanol–water partition coefficient (Wildman–Crippen LogP) is 4.74. The molecular weight excluding hydrogens is 324 g/mol. The molecule has 0 aliphatic heterocycles. The van der Waals surface area contributed by atoms with Crippen molar-refractivity contribution in [1.82, 2.24) is 0 Å². The van der Waals surface area contributed by atoms with Crippen LogP contribution < -0.4 is 0 Å². The summed E-state index contributed by atoms with van der Waals surface area (Å²) in [7, 11) is 0. The molecule has 0 aliphatic rings. The molecule has 0 heterocycles. The molecule has 1 rings (SSSR count). The minimum Gasteiger partial charge on any atom is -0.286 e. The Balaban J connectivity index is 3.51. The molecule has 0 N–H and O–H groups in total. The Morgan fingerprint density at radius 1 is 0.800 bits per heavy atom. The van der Waals surface area contributed by atoms with Gasteiger partial charge in [-0.1, -0.05) is 0 Å². The SMILES string of the molecule is O=C(c1cc(C(F)(F)F)cc(C(F)(F)F)c1)C(F)(F)Cl. The maximum atomic E-state index is 12.5. The third-order valence-corrected chi connectivity index (χ3v) is 2.28. The van der Waals surface area contributed by atoms with Gasteiger partial charge in [0.1, 0.15) is 0 Å². The van der Waals surface area contributed by atoms with E-state index in [9.17, 15) is 39.9 Å². The third-order valence-electron chi connectivity index (χ3n) is 2.11. The van der Waals surface area contributed by atoms with Gasteiger partial charge in [0.15, 0.2) is 0 Å². The summed E-state index contributed by atoms with van der Waals surface area (Å²) < 4.78 is 99.4. The van der Waals surface area contributed by atoms with Crippen molar-refractivity contribution in [2.75, 3.05) is 0 Å². The second-order valence-electron chi connectivity index (χ2n) is 3.62. The highest BCUT2D eigenvalue weighted by Gasteiger charge is 2.41. The molecule has 0 radical (unpaired) electrons. The normalized spacial score (nSPS) is 13.4. The van der Waals surface area contributed by atoms with E-state index in [4.69, 9.17) is 0 Å². The number of carbonyl (C=O) groups excluding carboxylic acids is 1. The predicted molar refractivity (Wildman–Crippen MR) is 51.6 cm³/mol. The summed E-state index contributed by atoms with van der Waals surface area (Å²) in [6.07, 6.45) is -10.5. The molecule has 10 heteroatoms. The Hall–Kier alpha value is -1.38. The van der Waals surface area contributed by atoms with Crippen molar-refractivity contribution in [3.63, 3.8) is 0 Å². The van der Waals surface area contributed by atoms with E-state index in [1.165, 1.54) is 0 Å². The number of alkyl halides is 9. The largest absolute Gasteiger partial charge is 0.416 e. The van der Waals surface area contributed by atoms with E-state index in [-0.39, 0.29) is 18.2 Å². The lowest BCUT2D eigenvalue weighted by molar-refractivity contribution is -0.143. The highest BCUT2D eigenvalue weighted by atomic mass is 35.5. The molecule has 0 amide bonds. The van der Waals surface area contributed by atoms with Gasteiger partial charge < -0.3 is 0 Å².